The molecule has 0 N–H and O–H groups in total. The third-order valence-electron chi connectivity index (χ3n) is 9.54. The van der Waals surface area contributed by atoms with Gasteiger partial charge in [-0.25, -0.2) is 9.97 Å². The van der Waals surface area contributed by atoms with Crippen LogP contribution in [0.15, 0.2) is 174 Å². The molecule has 0 amide bonds. The first-order chi connectivity index (χ1) is 24.8. The molecule has 0 radical (unpaired) electrons. The molecule has 0 aliphatic heterocycles. The monoisotopic (exact) mass is 656 g/mol. The number of thiophene rings is 1. The number of rotatable bonds is 5. The van der Waals surface area contributed by atoms with Crippen LogP contribution in [0, 0.1) is 0 Å². The fourth-order valence-electron chi connectivity index (χ4n) is 7.12. The summed E-state index contributed by atoms with van der Waals surface area (Å²) in [5.74, 6) is 0.664. The van der Waals surface area contributed by atoms with E-state index < -0.39 is 0 Å². The van der Waals surface area contributed by atoms with Crippen LogP contribution in [0.3, 0.4) is 0 Å². The second kappa shape index (κ2) is 11.7. The summed E-state index contributed by atoms with van der Waals surface area (Å²) in [6.07, 6.45) is 0. The zero-order valence-corrected chi connectivity index (χ0v) is 27.7. The number of fused-ring (bicyclic) bond motifs is 6. The smallest absolute Gasteiger partial charge is 0.161 e. The van der Waals surface area contributed by atoms with Crippen LogP contribution in [0.2, 0.25) is 0 Å². The van der Waals surface area contributed by atoms with Gasteiger partial charge in [0.2, 0.25) is 0 Å². The Morgan fingerprint density at radius 1 is 0.420 bits per heavy atom. The molecule has 0 aliphatic rings. The number of hydrogen-bond acceptors (Lipinski definition) is 4. The molecular formula is C46H28N2OS. The van der Waals surface area contributed by atoms with Crippen molar-refractivity contribution < 1.29 is 4.42 Å². The van der Waals surface area contributed by atoms with Crippen LogP contribution in [-0.4, -0.2) is 9.97 Å². The summed E-state index contributed by atoms with van der Waals surface area (Å²) < 4.78 is 9.29. The van der Waals surface area contributed by atoms with Gasteiger partial charge in [0.15, 0.2) is 5.82 Å². The van der Waals surface area contributed by atoms with Gasteiger partial charge < -0.3 is 4.42 Å². The van der Waals surface area contributed by atoms with Gasteiger partial charge in [-0.3, -0.25) is 0 Å². The Morgan fingerprint density at radius 3 is 1.78 bits per heavy atom. The van der Waals surface area contributed by atoms with E-state index in [1.54, 1.807) is 0 Å². The van der Waals surface area contributed by atoms with Gasteiger partial charge in [0, 0.05) is 58.8 Å². The minimum Gasteiger partial charge on any atom is -0.455 e. The van der Waals surface area contributed by atoms with Gasteiger partial charge in [-0.05, 0) is 41.5 Å². The molecule has 3 nitrogen and oxygen atoms in total. The Hall–Kier alpha value is -6.36. The molecule has 0 saturated carbocycles. The number of para-hydroxylation sites is 1. The lowest BCUT2D eigenvalue weighted by Gasteiger charge is -2.12. The van der Waals surface area contributed by atoms with Crippen LogP contribution in [0.1, 0.15) is 0 Å². The van der Waals surface area contributed by atoms with Gasteiger partial charge in [-0.15, -0.1) is 11.3 Å². The molecular weight excluding hydrogens is 629 g/mol. The van der Waals surface area contributed by atoms with Crippen LogP contribution in [0.5, 0.6) is 0 Å². The first kappa shape index (κ1) is 28.6. The highest BCUT2D eigenvalue weighted by atomic mass is 32.1. The van der Waals surface area contributed by atoms with Gasteiger partial charge in [0.05, 0.1) is 11.4 Å². The highest BCUT2D eigenvalue weighted by Gasteiger charge is 2.21. The zero-order valence-electron chi connectivity index (χ0n) is 26.9. The number of aromatic nitrogens is 2. The Kier molecular flexibility index (Phi) is 6.68. The summed E-state index contributed by atoms with van der Waals surface area (Å²) in [7, 11) is 0. The first-order valence-electron chi connectivity index (χ1n) is 16.7. The van der Waals surface area contributed by atoms with Gasteiger partial charge in [0.1, 0.15) is 11.2 Å². The number of furan rings is 1. The lowest BCUT2D eigenvalue weighted by molar-refractivity contribution is 0.670. The molecule has 0 atom stereocenters. The van der Waals surface area contributed by atoms with Crippen molar-refractivity contribution in [2.45, 2.75) is 0 Å². The molecule has 0 unspecified atom stereocenters. The maximum absolute atomic E-state index is 6.76. The number of benzene rings is 7. The van der Waals surface area contributed by atoms with Gasteiger partial charge in [-0.1, -0.05) is 140 Å². The molecule has 7 aromatic carbocycles. The van der Waals surface area contributed by atoms with Crippen LogP contribution in [0.4, 0.5) is 0 Å². The molecule has 3 heterocycles. The molecule has 50 heavy (non-hydrogen) atoms. The normalized spacial score (nSPS) is 11.6. The third kappa shape index (κ3) is 4.73. The summed E-state index contributed by atoms with van der Waals surface area (Å²) >= 11 is 1.83. The van der Waals surface area contributed by atoms with Crippen molar-refractivity contribution in [3.63, 3.8) is 0 Å². The maximum atomic E-state index is 6.76. The summed E-state index contributed by atoms with van der Waals surface area (Å²) in [6.45, 7) is 0. The topological polar surface area (TPSA) is 38.9 Å². The molecule has 3 aromatic heterocycles. The van der Waals surface area contributed by atoms with Crippen LogP contribution in [-0.2, 0) is 0 Å². The van der Waals surface area contributed by atoms with Gasteiger partial charge >= 0.3 is 0 Å². The molecule has 0 fully saturated rings. The second-order valence-corrected chi connectivity index (χ2v) is 13.6. The van der Waals surface area contributed by atoms with E-state index >= 15 is 0 Å². The van der Waals surface area contributed by atoms with E-state index in [2.05, 4.69) is 146 Å². The quantitative estimate of drug-likeness (QED) is 0.185. The Morgan fingerprint density at radius 2 is 1.00 bits per heavy atom. The maximum Gasteiger partial charge on any atom is 0.161 e. The number of hydrogen-bond donors (Lipinski definition) is 0. The lowest BCUT2D eigenvalue weighted by atomic mass is 9.96. The van der Waals surface area contributed by atoms with Crippen molar-refractivity contribution in [2.75, 3.05) is 0 Å². The molecule has 0 aliphatic carbocycles. The first-order valence-corrected chi connectivity index (χ1v) is 17.6. The SMILES string of the molecule is c1ccc(-c2ccc(-c3cc(-c4ccccc4)nc(-c4ccc(-c5cccc6c5sc5ccccc56)c5oc6ccccc6c45)n3)cc2)cc1. The summed E-state index contributed by atoms with van der Waals surface area (Å²) in [6, 6.07) is 59.4. The molecule has 10 rings (SSSR count). The van der Waals surface area contributed by atoms with E-state index in [4.69, 9.17) is 14.4 Å². The fourth-order valence-corrected chi connectivity index (χ4v) is 8.35. The van der Waals surface area contributed by atoms with E-state index in [-0.39, 0.29) is 0 Å². The van der Waals surface area contributed by atoms with Gasteiger partial charge in [-0.2, -0.15) is 0 Å². The van der Waals surface area contributed by atoms with Gasteiger partial charge in [0.25, 0.3) is 0 Å². The van der Waals surface area contributed by atoms with E-state index in [0.717, 1.165) is 61.1 Å². The van der Waals surface area contributed by atoms with E-state index in [0.29, 0.717) is 5.82 Å². The van der Waals surface area contributed by atoms with E-state index in [1.165, 1.54) is 31.3 Å². The Bertz CT molecular complexity index is 2850. The van der Waals surface area contributed by atoms with Crippen molar-refractivity contribution in [3.05, 3.63) is 170 Å². The van der Waals surface area contributed by atoms with Crippen LogP contribution >= 0.6 is 11.3 Å². The summed E-state index contributed by atoms with van der Waals surface area (Å²) in [5.41, 5.74) is 11.0. The number of nitrogens with zero attached hydrogens (tertiary/aromatic N) is 2. The summed E-state index contributed by atoms with van der Waals surface area (Å²) in [5, 5.41) is 4.61. The molecule has 10 aromatic rings. The predicted octanol–water partition coefficient (Wildman–Crippen LogP) is 13.1. The van der Waals surface area contributed by atoms with E-state index in [9.17, 15) is 0 Å². The van der Waals surface area contributed by atoms with Crippen molar-refractivity contribution in [1.29, 1.82) is 0 Å². The van der Waals surface area contributed by atoms with Crippen molar-refractivity contribution in [2.24, 2.45) is 0 Å². The Balaban J connectivity index is 1.20. The van der Waals surface area contributed by atoms with Crippen molar-refractivity contribution >= 4 is 53.4 Å². The third-order valence-corrected chi connectivity index (χ3v) is 10.8. The lowest BCUT2D eigenvalue weighted by Crippen LogP contribution is -1.97. The van der Waals surface area contributed by atoms with Crippen LogP contribution in [0.25, 0.3) is 98.3 Å². The average Bonchev–Trinajstić information content (AvgIpc) is 3.78. The molecule has 234 valence electrons. The Labute approximate surface area is 292 Å². The second-order valence-electron chi connectivity index (χ2n) is 12.5. The molecule has 0 bridgehead atoms. The highest BCUT2D eigenvalue weighted by molar-refractivity contribution is 7.26. The zero-order chi connectivity index (χ0) is 33.0. The minimum absolute atomic E-state index is 0.664. The predicted molar refractivity (Wildman–Crippen MR) is 209 cm³/mol. The highest BCUT2D eigenvalue weighted by Crippen LogP contribution is 2.46. The molecule has 0 saturated heterocycles. The van der Waals surface area contributed by atoms with Crippen LogP contribution < -0.4 is 0 Å². The minimum atomic E-state index is 0.664. The molecule has 4 heteroatoms. The standard InChI is InChI=1S/C46H28N2OS/c1-3-12-29(13-4-1)30-22-24-32(25-23-30)40-28-39(31-14-5-2-6-15-31)47-46(48-40)38-27-26-34(44-43(38)37-17-7-9-20-41(37)49-44)36-19-11-18-35-33-16-8-10-21-42(33)50-45(35)36/h1-28H. The van der Waals surface area contributed by atoms with Crippen molar-refractivity contribution in [1.82, 2.24) is 9.97 Å². The summed E-state index contributed by atoms with van der Waals surface area (Å²) in [4.78, 5) is 10.5. The molecule has 0 spiro atoms. The van der Waals surface area contributed by atoms with E-state index in [1.807, 2.05) is 35.6 Å². The fraction of sp³-hybridized carbons (Fsp3) is 0. The largest absolute Gasteiger partial charge is 0.455 e. The average molecular weight is 657 g/mol. The van der Waals surface area contributed by atoms with Crippen molar-refractivity contribution in [3.8, 4) is 56.2 Å².